The fourth-order valence-electron chi connectivity index (χ4n) is 3.64. The van der Waals surface area contributed by atoms with E-state index in [0.717, 1.165) is 49.5 Å². The summed E-state index contributed by atoms with van der Waals surface area (Å²) in [4.78, 5) is 24.5. The molecule has 3 aromatic rings. The molecular weight excluding hydrogens is 364 g/mol. The molecule has 0 saturated carbocycles. The number of aromatic nitrogens is 2. The number of pyridine rings is 1. The van der Waals surface area contributed by atoms with Crippen LogP contribution in [0.3, 0.4) is 0 Å². The van der Waals surface area contributed by atoms with Gasteiger partial charge < -0.3 is 25.4 Å². The van der Waals surface area contributed by atoms with Crippen molar-refractivity contribution in [1.82, 2.24) is 25.5 Å². The molecule has 1 fully saturated rings. The molecule has 3 N–H and O–H groups in total. The van der Waals surface area contributed by atoms with Gasteiger partial charge in [-0.05, 0) is 36.7 Å². The van der Waals surface area contributed by atoms with Crippen molar-refractivity contribution < 1.29 is 4.79 Å². The van der Waals surface area contributed by atoms with E-state index in [4.69, 9.17) is 0 Å². The number of para-hydroxylation sites is 1. The number of nitrogens with one attached hydrogen (secondary N) is 3. The van der Waals surface area contributed by atoms with E-state index >= 15 is 0 Å². The van der Waals surface area contributed by atoms with Gasteiger partial charge in [-0.3, -0.25) is 0 Å². The number of nitrogens with zero attached hydrogens (tertiary/aromatic N) is 3. The van der Waals surface area contributed by atoms with Gasteiger partial charge in [0.05, 0.1) is 0 Å². The molecule has 152 valence electrons. The van der Waals surface area contributed by atoms with Gasteiger partial charge >= 0.3 is 6.03 Å². The zero-order valence-corrected chi connectivity index (χ0v) is 16.8. The average Bonchev–Trinajstić information content (AvgIpc) is 3.16. The fourth-order valence-corrected chi connectivity index (χ4v) is 3.64. The Balaban J connectivity index is 1.20. The van der Waals surface area contributed by atoms with Gasteiger partial charge in [-0.1, -0.05) is 24.3 Å². The lowest BCUT2D eigenvalue weighted by Crippen LogP contribution is -2.44. The standard InChI is InChI=1S/C22H28N6O/c1-27-10-12-28(13-11-27)21-7-6-17(14-25-21)15-26-22(29)23-9-8-18-16-24-20-5-3-2-4-19(18)20/h2-7,14,16,24H,8-13,15H2,1H3,(H2,23,26,29). The summed E-state index contributed by atoms with van der Waals surface area (Å²) in [7, 11) is 2.14. The molecule has 0 unspecified atom stereocenters. The summed E-state index contributed by atoms with van der Waals surface area (Å²) in [6, 6.07) is 12.1. The monoisotopic (exact) mass is 392 g/mol. The maximum absolute atomic E-state index is 12.1. The summed E-state index contributed by atoms with van der Waals surface area (Å²) in [6.07, 6.45) is 4.65. The zero-order chi connectivity index (χ0) is 20.1. The number of H-pyrrole nitrogens is 1. The third-order valence-electron chi connectivity index (χ3n) is 5.44. The number of rotatable bonds is 6. The molecule has 0 radical (unpaired) electrons. The topological polar surface area (TPSA) is 76.3 Å². The Kier molecular flexibility index (Phi) is 5.95. The number of amides is 2. The first-order valence-electron chi connectivity index (χ1n) is 10.1. The number of hydrogen-bond donors (Lipinski definition) is 3. The van der Waals surface area contributed by atoms with Gasteiger partial charge in [0.25, 0.3) is 0 Å². The van der Waals surface area contributed by atoms with E-state index in [-0.39, 0.29) is 6.03 Å². The Hall–Kier alpha value is -3.06. The second-order valence-corrected chi connectivity index (χ2v) is 7.53. The minimum absolute atomic E-state index is 0.159. The summed E-state index contributed by atoms with van der Waals surface area (Å²) >= 11 is 0. The highest BCUT2D eigenvalue weighted by molar-refractivity contribution is 5.83. The molecule has 1 saturated heterocycles. The van der Waals surface area contributed by atoms with Gasteiger partial charge in [0.1, 0.15) is 5.82 Å². The fraction of sp³-hybridized carbons (Fsp3) is 0.364. The largest absolute Gasteiger partial charge is 0.361 e. The number of hydrogen-bond acceptors (Lipinski definition) is 4. The number of likely N-dealkylation sites (N-methyl/N-ethyl adjacent to an activating group) is 1. The maximum Gasteiger partial charge on any atom is 0.315 e. The summed E-state index contributed by atoms with van der Waals surface area (Å²) in [5.41, 5.74) is 3.33. The minimum Gasteiger partial charge on any atom is -0.361 e. The maximum atomic E-state index is 12.1. The molecule has 0 spiro atoms. The van der Waals surface area contributed by atoms with Gasteiger partial charge in [-0.25, -0.2) is 9.78 Å². The highest BCUT2D eigenvalue weighted by Crippen LogP contribution is 2.17. The van der Waals surface area contributed by atoms with Crippen LogP contribution in [0.4, 0.5) is 10.6 Å². The van der Waals surface area contributed by atoms with Crippen LogP contribution in [0.1, 0.15) is 11.1 Å². The molecule has 3 heterocycles. The van der Waals surface area contributed by atoms with Crippen LogP contribution >= 0.6 is 0 Å². The van der Waals surface area contributed by atoms with E-state index in [1.165, 1.54) is 10.9 Å². The van der Waals surface area contributed by atoms with E-state index in [1.807, 2.05) is 36.7 Å². The zero-order valence-electron chi connectivity index (χ0n) is 16.8. The first-order chi connectivity index (χ1) is 14.2. The molecule has 1 aliphatic rings. The number of aromatic amines is 1. The molecule has 7 heteroatoms. The normalized spacial score (nSPS) is 14.9. The van der Waals surface area contributed by atoms with Crippen molar-refractivity contribution >= 4 is 22.8 Å². The molecule has 4 rings (SSSR count). The Morgan fingerprint density at radius 2 is 1.93 bits per heavy atom. The first kappa shape index (κ1) is 19.3. The van der Waals surface area contributed by atoms with Crippen LogP contribution in [0.2, 0.25) is 0 Å². The molecule has 1 aromatic carbocycles. The van der Waals surface area contributed by atoms with E-state index in [9.17, 15) is 4.79 Å². The van der Waals surface area contributed by atoms with Crippen molar-refractivity contribution in [2.45, 2.75) is 13.0 Å². The van der Waals surface area contributed by atoms with Gasteiger partial charge in [-0.2, -0.15) is 0 Å². The van der Waals surface area contributed by atoms with Crippen LogP contribution in [0.5, 0.6) is 0 Å². The van der Waals surface area contributed by atoms with Crippen LogP contribution in [-0.4, -0.2) is 60.7 Å². The lowest BCUT2D eigenvalue weighted by atomic mass is 10.1. The predicted molar refractivity (Wildman–Crippen MR) is 116 cm³/mol. The second-order valence-electron chi connectivity index (χ2n) is 7.53. The van der Waals surface area contributed by atoms with E-state index in [2.05, 4.69) is 49.6 Å². The lowest BCUT2D eigenvalue weighted by molar-refractivity contribution is 0.240. The third-order valence-corrected chi connectivity index (χ3v) is 5.44. The number of benzene rings is 1. The number of anilines is 1. The van der Waals surface area contributed by atoms with Crippen molar-refractivity contribution in [2.24, 2.45) is 0 Å². The molecule has 0 aliphatic carbocycles. The quantitative estimate of drug-likeness (QED) is 0.602. The summed E-state index contributed by atoms with van der Waals surface area (Å²) in [6.45, 7) is 5.18. The van der Waals surface area contributed by atoms with Crippen LogP contribution in [0, 0.1) is 0 Å². The van der Waals surface area contributed by atoms with Crippen molar-refractivity contribution in [2.75, 3.05) is 44.7 Å². The van der Waals surface area contributed by atoms with E-state index in [1.54, 1.807) is 0 Å². The number of carbonyl (C=O) groups is 1. The summed E-state index contributed by atoms with van der Waals surface area (Å²) in [5, 5.41) is 7.04. The summed E-state index contributed by atoms with van der Waals surface area (Å²) < 4.78 is 0. The SMILES string of the molecule is CN1CCN(c2ccc(CNC(=O)NCCc3c[nH]c4ccccc34)cn2)CC1. The van der Waals surface area contributed by atoms with Crippen LogP contribution in [0.15, 0.2) is 48.8 Å². The predicted octanol–water partition coefficient (Wildman–Crippen LogP) is 2.36. The highest BCUT2D eigenvalue weighted by atomic mass is 16.2. The summed E-state index contributed by atoms with van der Waals surface area (Å²) in [5.74, 6) is 1.00. The van der Waals surface area contributed by atoms with Crippen LogP contribution in [0.25, 0.3) is 10.9 Å². The number of urea groups is 1. The second kappa shape index (κ2) is 8.96. The molecule has 1 aliphatic heterocycles. The van der Waals surface area contributed by atoms with Crippen LogP contribution < -0.4 is 15.5 Å². The van der Waals surface area contributed by atoms with E-state index < -0.39 is 0 Å². The Morgan fingerprint density at radius 1 is 1.10 bits per heavy atom. The molecule has 2 aromatic heterocycles. The Bertz CT molecular complexity index is 943. The van der Waals surface area contributed by atoms with Crippen molar-refractivity contribution in [3.8, 4) is 0 Å². The molecule has 0 bridgehead atoms. The number of carbonyl (C=O) groups excluding carboxylic acids is 1. The Labute approximate surface area is 171 Å². The molecule has 0 atom stereocenters. The smallest absolute Gasteiger partial charge is 0.315 e. The molecule has 29 heavy (non-hydrogen) atoms. The molecule has 2 amide bonds. The van der Waals surface area contributed by atoms with Crippen molar-refractivity contribution in [3.05, 3.63) is 59.9 Å². The molecule has 7 nitrogen and oxygen atoms in total. The van der Waals surface area contributed by atoms with Gasteiger partial charge in [0, 0.05) is 62.6 Å². The van der Waals surface area contributed by atoms with Crippen LogP contribution in [-0.2, 0) is 13.0 Å². The van der Waals surface area contributed by atoms with E-state index in [0.29, 0.717) is 13.1 Å². The third kappa shape index (κ3) is 4.86. The van der Waals surface area contributed by atoms with Gasteiger partial charge in [0.2, 0.25) is 0 Å². The van der Waals surface area contributed by atoms with Gasteiger partial charge in [-0.15, -0.1) is 0 Å². The van der Waals surface area contributed by atoms with Crippen molar-refractivity contribution in [3.63, 3.8) is 0 Å². The minimum atomic E-state index is -0.159. The average molecular weight is 393 g/mol. The van der Waals surface area contributed by atoms with Crippen molar-refractivity contribution in [1.29, 1.82) is 0 Å². The lowest BCUT2D eigenvalue weighted by Gasteiger charge is -2.33. The number of fused-ring (bicyclic) bond motifs is 1. The highest BCUT2D eigenvalue weighted by Gasteiger charge is 2.15. The Morgan fingerprint density at radius 3 is 2.72 bits per heavy atom. The number of piperazine rings is 1. The first-order valence-corrected chi connectivity index (χ1v) is 10.1. The molecular formula is C22H28N6O. The van der Waals surface area contributed by atoms with Gasteiger partial charge in [0.15, 0.2) is 0 Å².